The van der Waals surface area contributed by atoms with E-state index in [2.05, 4.69) is 14.9 Å². The first-order valence-electron chi connectivity index (χ1n) is 4.04. The number of H-pyrrole nitrogens is 1. The molecule has 1 atom stereocenters. The number of ether oxygens (including phenoxy) is 1. The first-order chi connectivity index (χ1) is 6.27. The number of nitrogens with zero attached hydrogens (tertiary/aromatic N) is 1. The zero-order chi connectivity index (χ0) is 9.68. The summed E-state index contributed by atoms with van der Waals surface area (Å²) in [5.74, 6) is -0.292. The van der Waals surface area contributed by atoms with Crippen molar-refractivity contribution in [2.75, 3.05) is 13.7 Å². The van der Waals surface area contributed by atoms with Crippen LogP contribution in [-0.4, -0.2) is 29.8 Å². The van der Waals surface area contributed by atoms with E-state index in [9.17, 15) is 4.79 Å². The molecule has 0 amide bonds. The highest BCUT2D eigenvalue weighted by molar-refractivity contribution is 5.70. The molecule has 72 valence electrons. The Balaban J connectivity index is 2.58. The Labute approximate surface area is 76.3 Å². The second kappa shape index (κ2) is 4.61. The fourth-order valence-electron chi connectivity index (χ4n) is 1.10. The summed E-state index contributed by atoms with van der Waals surface area (Å²) in [5, 5.41) is 6.57. The van der Waals surface area contributed by atoms with E-state index >= 15 is 0 Å². The lowest BCUT2D eigenvalue weighted by Crippen LogP contribution is -2.17. The summed E-state index contributed by atoms with van der Waals surface area (Å²) in [4.78, 5) is 11.0. The monoisotopic (exact) mass is 183 g/mol. The molecule has 0 aliphatic rings. The van der Waals surface area contributed by atoms with Crippen LogP contribution in [0.3, 0.4) is 0 Å². The molecule has 13 heavy (non-hydrogen) atoms. The van der Waals surface area contributed by atoms with Gasteiger partial charge in [-0.2, -0.15) is 5.10 Å². The lowest BCUT2D eigenvalue weighted by atomic mass is 10.0. The van der Waals surface area contributed by atoms with Gasteiger partial charge >= 0.3 is 5.97 Å². The van der Waals surface area contributed by atoms with Gasteiger partial charge in [-0.1, -0.05) is 0 Å². The van der Waals surface area contributed by atoms with Crippen LogP contribution in [-0.2, 0) is 9.53 Å². The van der Waals surface area contributed by atoms with Crippen molar-refractivity contribution in [3.63, 3.8) is 0 Å². The fraction of sp³-hybridized carbons (Fsp3) is 0.500. The number of aromatic nitrogens is 2. The van der Waals surface area contributed by atoms with Crippen LogP contribution in [0.5, 0.6) is 0 Å². The molecule has 5 heteroatoms. The van der Waals surface area contributed by atoms with Gasteiger partial charge in [0.15, 0.2) is 0 Å². The van der Waals surface area contributed by atoms with Crippen molar-refractivity contribution < 1.29 is 9.53 Å². The van der Waals surface area contributed by atoms with Crippen molar-refractivity contribution in [1.29, 1.82) is 0 Å². The molecule has 0 bridgehead atoms. The number of carbonyl (C=O) groups excluding carboxylic acids is 1. The molecule has 0 aromatic carbocycles. The standard InChI is InChI=1S/C8H13N3O2/c1-13-8(12)4-6(5-9)7-2-3-10-11-7/h2-3,6H,4-5,9H2,1H3,(H,10,11). The topological polar surface area (TPSA) is 81.0 Å². The van der Waals surface area contributed by atoms with E-state index in [1.165, 1.54) is 7.11 Å². The number of nitrogens with one attached hydrogen (secondary N) is 1. The van der Waals surface area contributed by atoms with Gasteiger partial charge in [0.25, 0.3) is 0 Å². The quantitative estimate of drug-likeness (QED) is 0.644. The van der Waals surface area contributed by atoms with E-state index in [0.29, 0.717) is 6.54 Å². The molecule has 0 saturated carbocycles. The number of rotatable bonds is 4. The smallest absolute Gasteiger partial charge is 0.306 e. The molecule has 0 spiro atoms. The third kappa shape index (κ3) is 2.55. The Morgan fingerprint density at radius 2 is 2.62 bits per heavy atom. The third-order valence-corrected chi connectivity index (χ3v) is 1.89. The SMILES string of the molecule is COC(=O)CC(CN)c1ccn[nH]1. The number of hydrogen-bond donors (Lipinski definition) is 2. The van der Waals surface area contributed by atoms with Crippen LogP contribution in [0.25, 0.3) is 0 Å². The molecule has 0 fully saturated rings. The number of esters is 1. The largest absolute Gasteiger partial charge is 0.469 e. The maximum absolute atomic E-state index is 11.0. The van der Waals surface area contributed by atoms with Gasteiger partial charge in [0.1, 0.15) is 0 Å². The molecule has 1 rings (SSSR count). The Kier molecular flexibility index (Phi) is 3.45. The van der Waals surface area contributed by atoms with Crippen molar-refractivity contribution >= 4 is 5.97 Å². The first kappa shape index (κ1) is 9.73. The summed E-state index contributed by atoms with van der Waals surface area (Å²) in [6.07, 6.45) is 1.92. The van der Waals surface area contributed by atoms with Crippen LogP contribution in [0.15, 0.2) is 12.3 Å². The maximum atomic E-state index is 11.0. The zero-order valence-corrected chi connectivity index (χ0v) is 7.49. The summed E-state index contributed by atoms with van der Waals surface area (Å²) in [7, 11) is 1.36. The number of methoxy groups -OCH3 is 1. The average Bonchev–Trinajstić information content (AvgIpc) is 2.66. The number of carbonyl (C=O) groups is 1. The predicted octanol–water partition coefficient (Wildman–Crippen LogP) is 0.0151. The van der Waals surface area contributed by atoms with E-state index in [0.717, 1.165) is 5.69 Å². The molecule has 0 aliphatic carbocycles. The highest BCUT2D eigenvalue weighted by Crippen LogP contribution is 2.15. The van der Waals surface area contributed by atoms with E-state index in [-0.39, 0.29) is 18.3 Å². The molecular weight excluding hydrogens is 170 g/mol. The van der Waals surface area contributed by atoms with Gasteiger partial charge in [0.2, 0.25) is 0 Å². The van der Waals surface area contributed by atoms with Crippen molar-refractivity contribution in [2.45, 2.75) is 12.3 Å². The summed E-state index contributed by atoms with van der Waals surface area (Å²) < 4.78 is 4.55. The van der Waals surface area contributed by atoms with Crippen LogP contribution >= 0.6 is 0 Å². The van der Waals surface area contributed by atoms with Crippen molar-refractivity contribution in [1.82, 2.24) is 10.2 Å². The Morgan fingerprint density at radius 3 is 3.08 bits per heavy atom. The first-order valence-corrected chi connectivity index (χ1v) is 4.04. The highest BCUT2D eigenvalue weighted by atomic mass is 16.5. The molecular formula is C8H13N3O2. The Bertz CT molecular complexity index is 258. The van der Waals surface area contributed by atoms with Gasteiger partial charge in [-0.25, -0.2) is 0 Å². The Morgan fingerprint density at radius 1 is 1.85 bits per heavy atom. The molecule has 0 saturated heterocycles. The summed E-state index contributed by atoms with van der Waals surface area (Å²) in [5.41, 5.74) is 6.38. The average molecular weight is 183 g/mol. The lowest BCUT2D eigenvalue weighted by molar-refractivity contribution is -0.141. The van der Waals surface area contributed by atoms with Crippen molar-refractivity contribution in [3.05, 3.63) is 18.0 Å². The van der Waals surface area contributed by atoms with Crippen LogP contribution in [0.4, 0.5) is 0 Å². The molecule has 1 heterocycles. The van der Waals surface area contributed by atoms with Gasteiger partial charge in [-0.3, -0.25) is 9.89 Å². The lowest BCUT2D eigenvalue weighted by Gasteiger charge is -2.10. The minimum Gasteiger partial charge on any atom is -0.469 e. The molecule has 5 nitrogen and oxygen atoms in total. The summed E-state index contributed by atoms with van der Waals surface area (Å²) in [6, 6.07) is 1.81. The number of nitrogens with two attached hydrogens (primary N) is 1. The molecule has 1 unspecified atom stereocenters. The van der Waals surface area contributed by atoms with Gasteiger partial charge in [-0.15, -0.1) is 0 Å². The van der Waals surface area contributed by atoms with Crippen molar-refractivity contribution in [3.8, 4) is 0 Å². The Hall–Kier alpha value is -1.36. The van der Waals surface area contributed by atoms with Crippen LogP contribution in [0, 0.1) is 0 Å². The highest BCUT2D eigenvalue weighted by Gasteiger charge is 2.15. The zero-order valence-electron chi connectivity index (χ0n) is 7.49. The fourth-order valence-corrected chi connectivity index (χ4v) is 1.10. The van der Waals surface area contributed by atoms with Gasteiger partial charge in [-0.05, 0) is 6.07 Å². The predicted molar refractivity (Wildman–Crippen MR) is 47.0 cm³/mol. The minimum atomic E-state index is -0.259. The van der Waals surface area contributed by atoms with E-state index in [1.807, 2.05) is 0 Å². The number of aromatic amines is 1. The van der Waals surface area contributed by atoms with E-state index in [1.54, 1.807) is 12.3 Å². The van der Waals surface area contributed by atoms with Crippen molar-refractivity contribution in [2.24, 2.45) is 5.73 Å². The van der Waals surface area contributed by atoms with Gasteiger partial charge in [0, 0.05) is 24.4 Å². The van der Waals surface area contributed by atoms with E-state index < -0.39 is 0 Å². The molecule has 1 aromatic heterocycles. The maximum Gasteiger partial charge on any atom is 0.306 e. The summed E-state index contributed by atoms with van der Waals surface area (Å²) in [6.45, 7) is 0.400. The third-order valence-electron chi connectivity index (χ3n) is 1.89. The van der Waals surface area contributed by atoms with E-state index in [4.69, 9.17) is 5.73 Å². The molecule has 0 radical (unpaired) electrons. The second-order valence-electron chi connectivity index (χ2n) is 2.72. The van der Waals surface area contributed by atoms with Gasteiger partial charge < -0.3 is 10.5 Å². The van der Waals surface area contributed by atoms with Gasteiger partial charge in [0.05, 0.1) is 13.5 Å². The molecule has 0 aliphatic heterocycles. The summed E-state index contributed by atoms with van der Waals surface area (Å²) >= 11 is 0. The van der Waals surface area contributed by atoms with Crippen LogP contribution in [0.2, 0.25) is 0 Å². The second-order valence-corrected chi connectivity index (χ2v) is 2.72. The molecule has 1 aromatic rings. The van der Waals surface area contributed by atoms with Crippen LogP contribution < -0.4 is 5.73 Å². The number of hydrogen-bond acceptors (Lipinski definition) is 4. The van der Waals surface area contributed by atoms with Crippen LogP contribution in [0.1, 0.15) is 18.0 Å². The minimum absolute atomic E-state index is 0.0325. The molecule has 3 N–H and O–H groups in total. The normalized spacial score (nSPS) is 12.5.